The van der Waals surface area contributed by atoms with Gasteiger partial charge in [0, 0.05) is 44.6 Å². The zero-order valence-corrected chi connectivity index (χ0v) is 31.0. The van der Waals surface area contributed by atoms with E-state index in [4.69, 9.17) is 4.74 Å². The molecule has 0 atom stereocenters. The first kappa shape index (κ1) is 31.2. The lowest BCUT2D eigenvalue weighted by Crippen LogP contribution is -2.55. The maximum atomic E-state index is 7.18. The van der Waals surface area contributed by atoms with Crippen molar-refractivity contribution in [2.24, 2.45) is 0 Å². The lowest BCUT2D eigenvalue weighted by atomic mass is 9.30. The molecule has 0 spiro atoms. The summed E-state index contributed by atoms with van der Waals surface area (Å²) in [5.41, 5.74) is 13.3. The highest BCUT2D eigenvalue weighted by Crippen LogP contribution is 2.59. The number of para-hydroxylation sites is 3. The molecule has 0 unspecified atom stereocenters. The van der Waals surface area contributed by atoms with E-state index < -0.39 is 0 Å². The summed E-state index contributed by atoms with van der Waals surface area (Å²) in [6.45, 7) is 11.8. The van der Waals surface area contributed by atoms with Crippen LogP contribution in [0.1, 0.15) is 50.6 Å². The van der Waals surface area contributed by atoms with Crippen LogP contribution in [0.4, 0.5) is 28.4 Å². The molecule has 1 aromatic heterocycles. The summed E-state index contributed by atoms with van der Waals surface area (Å²) in [6.07, 6.45) is 0. The van der Waals surface area contributed by atoms with Crippen molar-refractivity contribution in [3.8, 4) is 11.5 Å². The SMILES string of the molecule is CC(C)(C)c1cc2c3c(c1)N(c1ccccc1)C1=C(B3c3ccc(N(c4ccccc4)c4ccccc4)cc3O2)C(C)(C)c2c1sc1ccccc21. The van der Waals surface area contributed by atoms with Crippen molar-refractivity contribution in [1.29, 1.82) is 0 Å². The van der Waals surface area contributed by atoms with Gasteiger partial charge in [0.25, 0.3) is 6.71 Å². The molecule has 5 heteroatoms. The van der Waals surface area contributed by atoms with Crippen molar-refractivity contribution in [3.05, 3.63) is 167 Å². The Bertz CT molecular complexity index is 2530. The molecule has 1 aliphatic carbocycles. The summed E-state index contributed by atoms with van der Waals surface area (Å²) in [5, 5.41) is 1.36. The molecule has 3 heterocycles. The summed E-state index contributed by atoms with van der Waals surface area (Å²) >= 11 is 1.94. The third-order valence-corrected chi connectivity index (χ3v) is 12.4. The van der Waals surface area contributed by atoms with Crippen LogP contribution in [0.3, 0.4) is 0 Å². The molecular formula is C47H39BN2OS. The summed E-state index contributed by atoms with van der Waals surface area (Å²) in [5.74, 6) is 1.87. The fourth-order valence-electron chi connectivity index (χ4n) is 8.84. The van der Waals surface area contributed by atoms with Crippen LogP contribution in [-0.4, -0.2) is 6.71 Å². The van der Waals surface area contributed by atoms with Crippen LogP contribution in [0.5, 0.6) is 11.5 Å². The molecule has 0 fully saturated rings. The Hall–Kier alpha value is -5.52. The van der Waals surface area contributed by atoms with Crippen molar-refractivity contribution in [3.63, 3.8) is 0 Å². The molecule has 0 bridgehead atoms. The minimum absolute atomic E-state index is 0.0297. The summed E-state index contributed by atoms with van der Waals surface area (Å²) in [7, 11) is 0. The van der Waals surface area contributed by atoms with E-state index in [9.17, 15) is 0 Å². The quantitative estimate of drug-likeness (QED) is 0.171. The van der Waals surface area contributed by atoms with Gasteiger partial charge in [-0.05, 0) is 93.5 Å². The lowest BCUT2D eigenvalue weighted by molar-refractivity contribution is 0.483. The van der Waals surface area contributed by atoms with Gasteiger partial charge in [-0.15, -0.1) is 11.3 Å². The van der Waals surface area contributed by atoms with Crippen LogP contribution in [0.15, 0.2) is 151 Å². The van der Waals surface area contributed by atoms with Crippen LogP contribution in [-0.2, 0) is 10.8 Å². The second kappa shape index (κ2) is 11.2. The number of allylic oxidation sites excluding steroid dienone is 1. The molecular weight excluding hydrogens is 651 g/mol. The number of rotatable bonds is 4. The third-order valence-electron chi connectivity index (χ3n) is 11.2. The van der Waals surface area contributed by atoms with E-state index in [0.29, 0.717) is 0 Å². The van der Waals surface area contributed by atoms with Gasteiger partial charge in [-0.2, -0.15) is 0 Å². The Balaban J connectivity index is 1.26. The molecule has 0 amide bonds. The molecule has 10 rings (SSSR count). The Morgan fingerprint density at radius 3 is 1.98 bits per heavy atom. The van der Waals surface area contributed by atoms with Crippen molar-refractivity contribution in [1.82, 2.24) is 0 Å². The predicted octanol–water partition coefficient (Wildman–Crippen LogP) is 11.8. The number of fused-ring (bicyclic) bond motifs is 7. The topological polar surface area (TPSA) is 15.7 Å². The first-order valence-electron chi connectivity index (χ1n) is 18.2. The van der Waals surface area contributed by atoms with E-state index in [0.717, 1.165) is 28.6 Å². The molecule has 3 nitrogen and oxygen atoms in total. The summed E-state index contributed by atoms with van der Waals surface area (Å²) in [6, 6.07) is 52.8. The van der Waals surface area contributed by atoms with Gasteiger partial charge in [-0.25, -0.2) is 0 Å². The minimum atomic E-state index is -0.229. The average Bonchev–Trinajstić information content (AvgIpc) is 3.65. The number of ether oxygens (including phenoxy) is 1. The fraction of sp³-hybridized carbons (Fsp3) is 0.149. The Morgan fingerprint density at radius 1 is 0.673 bits per heavy atom. The van der Waals surface area contributed by atoms with Crippen LogP contribution in [0.25, 0.3) is 15.8 Å². The molecule has 7 aromatic rings. The highest BCUT2D eigenvalue weighted by atomic mass is 32.1. The lowest BCUT2D eigenvalue weighted by Gasteiger charge is -2.43. The highest BCUT2D eigenvalue weighted by molar-refractivity contribution is 7.20. The van der Waals surface area contributed by atoms with Crippen molar-refractivity contribution >= 4 is 73.2 Å². The summed E-state index contributed by atoms with van der Waals surface area (Å²) in [4.78, 5) is 6.25. The number of anilines is 5. The average molecular weight is 691 g/mol. The third kappa shape index (κ3) is 4.52. The van der Waals surface area contributed by atoms with Crippen molar-refractivity contribution in [2.75, 3.05) is 9.80 Å². The highest BCUT2D eigenvalue weighted by Gasteiger charge is 2.54. The molecule has 6 aromatic carbocycles. The predicted molar refractivity (Wildman–Crippen MR) is 222 cm³/mol. The van der Waals surface area contributed by atoms with E-state index in [1.54, 1.807) is 0 Å². The van der Waals surface area contributed by atoms with Gasteiger partial charge >= 0.3 is 0 Å². The molecule has 252 valence electrons. The monoisotopic (exact) mass is 690 g/mol. The van der Waals surface area contributed by atoms with E-state index >= 15 is 0 Å². The van der Waals surface area contributed by atoms with Crippen LogP contribution in [0, 0.1) is 0 Å². The van der Waals surface area contributed by atoms with Crippen LogP contribution >= 0.6 is 11.3 Å². The standard InChI is InChI=1S/C47H39BN2OS/c1-46(2,3)30-27-37-42-39(28-30)51-38-29-34(49(31-17-9-6-10-18-31)32-19-11-7-12-20-32)25-26-36(38)48(42)45-43(50(37)33-21-13-8-14-22-33)44-41(47(45,4)5)35-23-15-16-24-40(35)52-44/h6-29H,1-5H3. The van der Waals surface area contributed by atoms with Gasteiger partial charge in [0.05, 0.1) is 10.6 Å². The van der Waals surface area contributed by atoms with Crippen LogP contribution in [0.2, 0.25) is 0 Å². The first-order valence-corrected chi connectivity index (χ1v) is 19.0. The van der Waals surface area contributed by atoms with E-state index in [-0.39, 0.29) is 17.5 Å². The van der Waals surface area contributed by atoms with E-state index in [2.05, 4.69) is 190 Å². The molecule has 52 heavy (non-hydrogen) atoms. The van der Waals surface area contributed by atoms with Gasteiger partial charge in [-0.3, -0.25) is 0 Å². The van der Waals surface area contributed by atoms with Gasteiger partial charge in [0.15, 0.2) is 0 Å². The largest absolute Gasteiger partial charge is 0.458 e. The smallest absolute Gasteiger partial charge is 0.252 e. The molecule has 0 saturated heterocycles. The van der Waals surface area contributed by atoms with E-state index in [1.165, 1.54) is 59.6 Å². The molecule has 2 aliphatic heterocycles. The molecule has 0 N–H and O–H groups in total. The van der Waals surface area contributed by atoms with Crippen LogP contribution < -0.4 is 25.5 Å². The summed E-state index contributed by atoms with van der Waals surface area (Å²) < 4.78 is 8.52. The zero-order valence-electron chi connectivity index (χ0n) is 30.1. The Morgan fingerprint density at radius 2 is 1.31 bits per heavy atom. The Kier molecular flexibility index (Phi) is 6.75. The maximum Gasteiger partial charge on any atom is 0.252 e. The Labute approximate surface area is 310 Å². The van der Waals surface area contributed by atoms with Crippen molar-refractivity contribution in [2.45, 2.75) is 45.4 Å². The van der Waals surface area contributed by atoms with Crippen molar-refractivity contribution < 1.29 is 4.74 Å². The number of thiophene rings is 1. The van der Waals surface area contributed by atoms with Gasteiger partial charge in [-0.1, -0.05) is 119 Å². The van der Waals surface area contributed by atoms with Gasteiger partial charge in [0.2, 0.25) is 0 Å². The second-order valence-corrected chi connectivity index (χ2v) is 16.8. The fourth-order valence-corrected chi connectivity index (χ4v) is 10.3. The first-order chi connectivity index (χ1) is 25.2. The van der Waals surface area contributed by atoms with Gasteiger partial charge in [0.1, 0.15) is 11.5 Å². The number of hydrogen-bond donors (Lipinski definition) is 0. The molecule has 0 radical (unpaired) electrons. The molecule has 0 saturated carbocycles. The number of hydrogen-bond acceptors (Lipinski definition) is 4. The number of nitrogens with zero attached hydrogens (tertiary/aromatic N) is 2. The normalized spacial score (nSPS) is 15.2. The second-order valence-electron chi connectivity index (χ2n) is 15.8. The number of benzene rings is 6. The maximum absolute atomic E-state index is 7.18. The van der Waals surface area contributed by atoms with Gasteiger partial charge < -0.3 is 14.5 Å². The zero-order chi connectivity index (χ0) is 35.4. The minimum Gasteiger partial charge on any atom is -0.458 e. The molecule has 3 aliphatic rings. The van der Waals surface area contributed by atoms with E-state index in [1.807, 2.05) is 11.3 Å².